The first-order valence-electron chi connectivity index (χ1n) is 6.75. The lowest BCUT2D eigenvalue weighted by atomic mass is 10.1. The smallest absolute Gasteiger partial charge is 0.326 e. The summed E-state index contributed by atoms with van der Waals surface area (Å²) in [5.74, 6) is -0.831. The number of nitro groups is 1. The highest BCUT2D eigenvalue weighted by Crippen LogP contribution is 2.28. The molecule has 1 saturated heterocycles. The van der Waals surface area contributed by atoms with Crippen LogP contribution in [-0.2, 0) is 4.79 Å². The minimum Gasteiger partial charge on any atom is -0.480 e. The van der Waals surface area contributed by atoms with E-state index < -0.39 is 16.9 Å². The van der Waals surface area contributed by atoms with Crippen LogP contribution < -0.4 is 4.90 Å². The van der Waals surface area contributed by atoms with Gasteiger partial charge in [-0.2, -0.15) is 0 Å². The summed E-state index contributed by atoms with van der Waals surface area (Å²) in [6.07, 6.45) is 3.48. The lowest BCUT2D eigenvalue weighted by Crippen LogP contribution is -2.40. The predicted molar refractivity (Wildman–Crippen MR) is 75.1 cm³/mol. The van der Waals surface area contributed by atoms with Gasteiger partial charge in [0.05, 0.1) is 4.92 Å². The van der Waals surface area contributed by atoms with E-state index in [-0.39, 0.29) is 5.69 Å². The Kier molecular flexibility index (Phi) is 4.22. The van der Waals surface area contributed by atoms with Gasteiger partial charge in [0.25, 0.3) is 5.69 Å². The Labute approximate surface area is 117 Å². The number of rotatable bonds is 3. The summed E-state index contributed by atoms with van der Waals surface area (Å²) in [5, 5.41) is 20.2. The van der Waals surface area contributed by atoms with Crippen molar-refractivity contribution >= 4 is 17.3 Å². The molecule has 0 aromatic heterocycles. The van der Waals surface area contributed by atoms with Crippen LogP contribution in [0.15, 0.2) is 18.2 Å². The molecule has 6 nitrogen and oxygen atoms in total. The molecule has 0 bridgehead atoms. The summed E-state index contributed by atoms with van der Waals surface area (Å²) >= 11 is 0. The van der Waals surface area contributed by atoms with Crippen molar-refractivity contribution in [1.82, 2.24) is 0 Å². The molecule has 1 aliphatic heterocycles. The van der Waals surface area contributed by atoms with E-state index in [1.165, 1.54) is 6.07 Å². The third-order valence-corrected chi connectivity index (χ3v) is 3.75. The second-order valence-electron chi connectivity index (χ2n) is 5.12. The van der Waals surface area contributed by atoms with Crippen LogP contribution in [0.3, 0.4) is 0 Å². The van der Waals surface area contributed by atoms with Crippen LogP contribution in [0.25, 0.3) is 0 Å². The number of aryl methyl sites for hydroxylation is 1. The molecule has 0 radical (unpaired) electrons. The monoisotopic (exact) mass is 278 g/mol. The highest BCUT2D eigenvalue weighted by atomic mass is 16.6. The molecule has 1 aromatic rings. The van der Waals surface area contributed by atoms with Crippen molar-refractivity contribution in [2.24, 2.45) is 0 Å². The number of benzene rings is 1. The van der Waals surface area contributed by atoms with Crippen molar-refractivity contribution in [3.05, 3.63) is 33.9 Å². The quantitative estimate of drug-likeness (QED) is 0.679. The molecule has 1 aliphatic rings. The Bertz CT molecular complexity index is 530. The van der Waals surface area contributed by atoms with Gasteiger partial charge < -0.3 is 10.0 Å². The number of nitro benzene ring substituents is 1. The van der Waals surface area contributed by atoms with Crippen LogP contribution in [0.1, 0.15) is 31.2 Å². The van der Waals surface area contributed by atoms with Crippen molar-refractivity contribution in [2.75, 3.05) is 11.4 Å². The SMILES string of the molecule is Cc1cc(N2CCCCCC2C(=O)O)ccc1[N+](=O)[O-]. The first kappa shape index (κ1) is 14.3. The van der Waals surface area contributed by atoms with Crippen molar-refractivity contribution in [3.8, 4) is 0 Å². The summed E-state index contributed by atoms with van der Waals surface area (Å²) in [6, 6.07) is 4.26. The van der Waals surface area contributed by atoms with Crippen LogP contribution in [0.5, 0.6) is 0 Å². The number of aliphatic carboxylic acids is 1. The summed E-state index contributed by atoms with van der Waals surface area (Å²) in [4.78, 5) is 23.7. The zero-order valence-electron chi connectivity index (χ0n) is 11.4. The molecule has 1 atom stereocenters. The molecule has 6 heteroatoms. The number of carboxylic acids is 1. The molecule has 0 aliphatic carbocycles. The molecule has 1 heterocycles. The average Bonchev–Trinajstić information content (AvgIpc) is 2.63. The van der Waals surface area contributed by atoms with Gasteiger partial charge in [-0.3, -0.25) is 10.1 Å². The van der Waals surface area contributed by atoms with Crippen molar-refractivity contribution in [1.29, 1.82) is 0 Å². The second kappa shape index (κ2) is 5.90. The third kappa shape index (κ3) is 2.89. The fourth-order valence-corrected chi connectivity index (χ4v) is 2.70. The number of carboxylic acid groups (broad SMARTS) is 1. The number of anilines is 1. The van der Waals surface area contributed by atoms with Gasteiger partial charge in [0, 0.05) is 23.9 Å². The minimum atomic E-state index is -0.831. The normalized spacial score (nSPS) is 19.4. The maximum Gasteiger partial charge on any atom is 0.326 e. The van der Waals surface area contributed by atoms with Gasteiger partial charge in [-0.05, 0) is 31.9 Å². The first-order valence-corrected chi connectivity index (χ1v) is 6.75. The molecular formula is C14H18N2O4. The Morgan fingerprint density at radius 1 is 1.40 bits per heavy atom. The van der Waals surface area contributed by atoms with Crippen LogP contribution >= 0.6 is 0 Å². The van der Waals surface area contributed by atoms with E-state index in [1.54, 1.807) is 19.1 Å². The fourth-order valence-electron chi connectivity index (χ4n) is 2.70. The molecule has 2 rings (SSSR count). The Hall–Kier alpha value is -2.11. The summed E-state index contributed by atoms with van der Waals surface area (Å²) < 4.78 is 0. The number of nitrogens with zero attached hydrogens (tertiary/aromatic N) is 2. The molecule has 0 amide bonds. The van der Waals surface area contributed by atoms with E-state index >= 15 is 0 Å². The number of hydrogen-bond acceptors (Lipinski definition) is 4. The molecule has 1 fully saturated rings. The van der Waals surface area contributed by atoms with Gasteiger partial charge in [-0.1, -0.05) is 12.8 Å². The molecule has 108 valence electrons. The molecule has 20 heavy (non-hydrogen) atoms. The van der Waals surface area contributed by atoms with E-state index in [0.717, 1.165) is 24.9 Å². The van der Waals surface area contributed by atoms with Gasteiger partial charge in [0.1, 0.15) is 6.04 Å². The van der Waals surface area contributed by atoms with Crippen LogP contribution in [0.2, 0.25) is 0 Å². The maximum absolute atomic E-state index is 11.4. The minimum absolute atomic E-state index is 0.0652. The lowest BCUT2D eigenvalue weighted by molar-refractivity contribution is -0.385. The maximum atomic E-state index is 11.4. The lowest BCUT2D eigenvalue weighted by Gasteiger charge is -2.29. The van der Waals surface area contributed by atoms with Gasteiger partial charge in [-0.15, -0.1) is 0 Å². The van der Waals surface area contributed by atoms with Gasteiger partial charge >= 0.3 is 5.97 Å². The second-order valence-corrected chi connectivity index (χ2v) is 5.12. The Morgan fingerprint density at radius 3 is 2.75 bits per heavy atom. The average molecular weight is 278 g/mol. The Balaban J connectivity index is 2.34. The molecule has 0 saturated carbocycles. The van der Waals surface area contributed by atoms with E-state index in [1.807, 2.05) is 4.90 Å². The van der Waals surface area contributed by atoms with Crippen molar-refractivity contribution in [2.45, 2.75) is 38.6 Å². The van der Waals surface area contributed by atoms with Crippen LogP contribution in [0.4, 0.5) is 11.4 Å². The largest absolute Gasteiger partial charge is 0.480 e. The first-order chi connectivity index (χ1) is 9.50. The molecule has 1 unspecified atom stereocenters. The van der Waals surface area contributed by atoms with Crippen molar-refractivity contribution in [3.63, 3.8) is 0 Å². The van der Waals surface area contributed by atoms with E-state index in [4.69, 9.17) is 0 Å². The fraction of sp³-hybridized carbons (Fsp3) is 0.500. The summed E-state index contributed by atoms with van der Waals surface area (Å²) in [5.41, 5.74) is 1.37. The summed E-state index contributed by atoms with van der Waals surface area (Å²) in [6.45, 7) is 2.35. The number of carbonyl (C=O) groups is 1. The standard InChI is InChI=1S/C14H18N2O4/c1-10-9-11(6-7-12(10)16(19)20)15-8-4-2-3-5-13(15)14(17)18/h6-7,9,13H,2-5,8H2,1H3,(H,17,18). The van der Waals surface area contributed by atoms with Gasteiger partial charge in [0.15, 0.2) is 0 Å². The highest BCUT2D eigenvalue weighted by Gasteiger charge is 2.28. The highest BCUT2D eigenvalue weighted by molar-refractivity contribution is 5.78. The summed E-state index contributed by atoms with van der Waals surface area (Å²) in [7, 11) is 0. The zero-order valence-corrected chi connectivity index (χ0v) is 11.4. The van der Waals surface area contributed by atoms with E-state index in [9.17, 15) is 20.0 Å². The van der Waals surface area contributed by atoms with E-state index in [0.29, 0.717) is 18.5 Å². The molecule has 1 N–H and O–H groups in total. The topological polar surface area (TPSA) is 83.7 Å². The van der Waals surface area contributed by atoms with Crippen molar-refractivity contribution < 1.29 is 14.8 Å². The van der Waals surface area contributed by atoms with E-state index in [2.05, 4.69) is 0 Å². The predicted octanol–water partition coefficient (Wildman–Crippen LogP) is 2.74. The molecule has 1 aromatic carbocycles. The third-order valence-electron chi connectivity index (χ3n) is 3.75. The van der Waals surface area contributed by atoms with Crippen LogP contribution in [0, 0.1) is 17.0 Å². The van der Waals surface area contributed by atoms with Gasteiger partial charge in [-0.25, -0.2) is 4.79 Å². The molecular weight excluding hydrogens is 260 g/mol. The Morgan fingerprint density at radius 2 is 2.15 bits per heavy atom. The van der Waals surface area contributed by atoms with Crippen LogP contribution in [-0.4, -0.2) is 28.6 Å². The van der Waals surface area contributed by atoms with Gasteiger partial charge in [0.2, 0.25) is 0 Å². The molecule has 0 spiro atoms. The zero-order chi connectivity index (χ0) is 14.7. The number of hydrogen-bond donors (Lipinski definition) is 1.